The van der Waals surface area contributed by atoms with Gasteiger partial charge in [0.25, 0.3) is 0 Å². The Morgan fingerprint density at radius 1 is 0.393 bits per heavy atom. The number of para-hydroxylation sites is 2. The highest BCUT2D eigenvalue weighted by Gasteiger charge is 2.68. The Labute approximate surface area is 326 Å². The summed E-state index contributed by atoms with van der Waals surface area (Å²) in [6.07, 6.45) is 2.74. The van der Waals surface area contributed by atoms with Crippen molar-refractivity contribution in [2.24, 2.45) is 11.8 Å². The molecule has 2 fully saturated rings. The van der Waals surface area contributed by atoms with Gasteiger partial charge in [0.05, 0.1) is 22.1 Å². The molecule has 2 heteroatoms. The van der Waals surface area contributed by atoms with E-state index >= 15 is 0 Å². The second-order valence-electron chi connectivity index (χ2n) is 16.2. The van der Waals surface area contributed by atoms with Crippen molar-refractivity contribution in [3.05, 3.63) is 194 Å². The summed E-state index contributed by atoms with van der Waals surface area (Å²) in [5.74, 6) is 1.73. The van der Waals surface area contributed by atoms with E-state index in [1.54, 1.807) is 5.56 Å². The molecule has 2 aliphatic rings. The van der Waals surface area contributed by atoms with Crippen LogP contribution in [0, 0.1) is 11.8 Å². The van der Waals surface area contributed by atoms with Crippen LogP contribution in [0.3, 0.4) is 0 Å². The van der Waals surface area contributed by atoms with E-state index in [0.29, 0.717) is 5.41 Å². The van der Waals surface area contributed by atoms with Gasteiger partial charge in [-0.25, -0.2) is 0 Å². The van der Waals surface area contributed by atoms with E-state index in [1.807, 2.05) is 0 Å². The molecule has 2 nitrogen and oxygen atoms in total. The summed E-state index contributed by atoms with van der Waals surface area (Å²) in [5, 5.41) is 5.06. The van der Waals surface area contributed by atoms with Crippen molar-refractivity contribution in [3.8, 4) is 44.8 Å². The van der Waals surface area contributed by atoms with Crippen molar-refractivity contribution < 1.29 is 0 Å². The van der Waals surface area contributed by atoms with E-state index in [9.17, 15) is 0 Å². The first-order valence-electron chi connectivity index (χ1n) is 20.1. The van der Waals surface area contributed by atoms with Crippen molar-refractivity contribution in [1.82, 2.24) is 9.13 Å². The topological polar surface area (TPSA) is 9.86 Å². The van der Waals surface area contributed by atoms with Crippen LogP contribution in [0.5, 0.6) is 0 Å². The molecule has 3 atom stereocenters. The second kappa shape index (κ2) is 11.9. The average molecular weight is 717 g/mol. The van der Waals surface area contributed by atoms with Gasteiger partial charge in [0, 0.05) is 38.3 Å². The minimum atomic E-state index is 0.456. The zero-order valence-corrected chi connectivity index (χ0v) is 31.4. The number of hydrogen-bond donors (Lipinski definition) is 0. The molecule has 0 saturated heterocycles. The maximum atomic E-state index is 2.46. The van der Waals surface area contributed by atoms with Crippen molar-refractivity contribution in [1.29, 1.82) is 0 Å². The van der Waals surface area contributed by atoms with Crippen LogP contribution in [0.4, 0.5) is 0 Å². The Morgan fingerprint density at radius 3 is 1.50 bits per heavy atom. The summed E-state index contributed by atoms with van der Waals surface area (Å²) in [4.78, 5) is 0. The van der Waals surface area contributed by atoms with Gasteiger partial charge in [-0.15, -0.1) is 0 Å². The molecule has 0 N–H and O–H groups in total. The van der Waals surface area contributed by atoms with Crippen LogP contribution in [0.2, 0.25) is 0 Å². The maximum Gasteiger partial charge on any atom is 0.0541 e. The van der Waals surface area contributed by atoms with Crippen molar-refractivity contribution in [2.75, 3.05) is 0 Å². The van der Waals surface area contributed by atoms with Crippen LogP contribution in [0.25, 0.3) is 88.4 Å². The molecular formula is C54H40N2. The fourth-order valence-corrected chi connectivity index (χ4v) is 10.6. The molecule has 2 saturated carbocycles. The van der Waals surface area contributed by atoms with Crippen LogP contribution in [-0.2, 0) is 5.41 Å². The molecule has 2 aromatic heterocycles. The van der Waals surface area contributed by atoms with Crippen LogP contribution in [0.15, 0.2) is 188 Å². The molecule has 12 rings (SSSR count). The lowest BCUT2D eigenvalue weighted by Crippen LogP contribution is -2.19. The largest absolute Gasteiger partial charge is 0.309 e. The van der Waals surface area contributed by atoms with Gasteiger partial charge in [0.1, 0.15) is 0 Å². The average Bonchev–Trinajstić information content (AvgIpc) is 3.50. The molecule has 0 spiro atoms. The van der Waals surface area contributed by atoms with Gasteiger partial charge in [-0.3, -0.25) is 0 Å². The Hall–Kier alpha value is -6.64. The third-order valence-electron chi connectivity index (χ3n) is 13.6. The minimum Gasteiger partial charge on any atom is -0.309 e. The van der Waals surface area contributed by atoms with Crippen molar-refractivity contribution >= 4 is 43.6 Å². The Bertz CT molecular complexity index is 3160. The van der Waals surface area contributed by atoms with E-state index < -0.39 is 0 Å². The third-order valence-corrected chi connectivity index (χ3v) is 13.6. The van der Waals surface area contributed by atoms with E-state index in [-0.39, 0.29) is 0 Å². The van der Waals surface area contributed by atoms with Gasteiger partial charge < -0.3 is 9.13 Å². The predicted molar refractivity (Wildman–Crippen MR) is 235 cm³/mol. The Morgan fingerprint density at radius 2 is 0.893 bits per heavy atom. The van der Waals surface area contributed by atoms with Gasteiger partial charge in [0.15, 0.2) is 0 Å². The standard InChI is InChI=1S/C54H40N2/c1-35-49-29-30-54(35,49)42-15-9-13-38(31-42)37-21-25-43(26-22-37)55-50-19-7-5-17-45(50)47-33-40(23-27-52(47)55)41-24-28-53-48(34-41)46-18-6-8-20-51(46)56(53)44-16-10-14-39(32-44)36-11-3-2-4-12-36/h2-28,31-35,49H,29-30H2,1H3. The summed E-state index contributed by atoms with van der Waals surface area (Å²) in [7, 11) is 0. The zero-order valence-electron chi connectivity index (χ0n) is 31.4. The molecule has 8 aromatic carbocycles. The minimum absolute atomic E-state index is 0.456. The molecule has 2 aliphatic carbocycles. The Kier molecular flexibility index (Phi) is 6.75. The summed E-state index contributed by atoms with van der Waals surface area (Å²) < 4.78 is 4.84. The van der Waals surface area contributed by atoms with Gasteiger partial charge in [-0.05, 0) is 124 Å². The molecule has 0 radical (unpaired) electrons. The van der Waals surface area contributed by atoms with Crippen molar-refractivity contribution in [2.45, 2.75) is 25.2 Å². The fraction of sp³-hybridized carbons (Fsp3) is 0.111. The number of benzene rings is 8. The lowest BCUT2D eigenvalue weighted by atomic mass is 9.78. The van der Waals surface area contributed by atoms with Crippen molar-refractivity contribution in [3.63, 3.8) is 0 Å². The highest BCUT2D eigenvalue weighted by molar-refractivity contribution is 6.12. The predicted octanol–water partition coefficient (Wildman–Crippen LogP) is 14.2. The first-order valence-corrected chi connectivity index (χ1v) is 20.1. The monoisotopic (exact) mass is 716 g/mol. The highest BCUT2D eigenvalue weighted by atomic mass is 15.0. The van der Waals surface area contributed by atoms with Gasteiger partial charge >= 0.3 is 0 Å². The van der Waals surface area contributed by atoms with Gasteiger partial charge in [-0.1, -0.05) is 134 Å². The lowest BCUT2D eigenvalue weighted by molar-refractivity contribution is 0.399. The lowest BCUT2D eigenvalue weighted by Gasteiger charge is -2.26. The van der Waals surface area contributed by atoms with E-state index in [0.717, 1.165) is 11.8 Å². The van der Waals surface area contributed by atoms with Crippen LogP contribution < -0.4 is 0 Å². The molecule has 0 aliphatic heterocycles. The molecule has 56 heavy (non-hydrogen) atoms. The van der Waals surface area contributed by atoms with Crippen LogP contribution in [-0.4, -0.2) is 9.13 Å². The number of rotatable bonds is 6. The second-order valence-corrected chi connectivity index (χ2v) is 16.2. The zero-order chi connectivity index (χ0) is 37.0. The molecule has 2 heterocycles. The number of aromatic nitrogens is 2. The molecule has 0 bridgehead atoms. The molecular weight excluding hydrogens is 677 g/mol. The first-order chi connectivity index (χ1) is 27.7. The third kappa shape index (κ3) is 4.56. The number of hydrogen-bond acceptors (Lipinski definition) is 0. The quantitative estimate of drug-likeness (QED) is 0.162. The Balaban J connectivity index is 0.937. The summed E-state index contributed by atoms with van der Waals surface area (Å²) in [6, 6.07) is 69.7. The van der Waals surface area contributed by atoms with E-state index in [1.165, 1.54) is 101 Å². The first kappa shape index (κ1) is 31.7. The highest BCUT2D eigenvalue weighted by Crippen LogP contribution is 2.72. The van der Waals surface area contributed by atoms with Gasteiger partial charge in [-0.2, -0.15) is 0 Å². The number of fused-ring (bicyclic) bond motifs is 7. The molecule has 266 valence electrons. The van der Waals surface area contributed by atoms with E-state index in [4.69, 9.17) is 0 Å². The molecule has 0 amide bonds. The smallest absolute Gasteiger partial charge is 0.0541 e. The summed E-state index contributed by atoms with van der Waals surface area (Å²) in [6.45, 7) is 2.44. The van der Waals surface area contributed by atoms with Gasteiger partial charge in [0.2, 0.25) is 0 Å². The maximum absolute atomic E-state index is 2.46. The fourth-order valence-electron chi connectivity index (χ4n) is 10.6. The van der Waals surface area contributed by atoms with E-state index in [2.05, 4.69) is 204 Å². The normalized spacial score (nSPS) is 18.7. The summed E-state index contributed by atoms with van der Waals surface area (Å²) >= 11 is 0. The molecule has 10 aromatic rings. The van der Waals surface area contributed by atoms with Crippen LogP contribution in [0.1, 0.15) is 25.3 Å². The molecule has 3 unspecified atom stereocenters. The SMILES string of the molecule is CC1C2CCC12c1cccc(-c2ccc(-n3c4ccccc4c4cc(-c5ccc6c(c5)c5ccccc5n6-c5cccc(-c6ccccc6)c5)ccc43)cc2)c1. The van der Waals surface area contributed by atoms with Crippen LogP contribution >= 0.6 is 0 Å². The number of nitrogens with zero attached hydrogens (tertiary/aromatic N) is 2. The summed E-state index contributed by atoms with van der Waals surface area (Å²) in [5.41, 5.74) is 16.7.